The van der Waals surface area contributed by atoms with Crippen LogP contribution in [0.4, 0.5) is 9.18 Å². The summed E-state index contributed by atoms with van der Waals surface area (Å²) >= 11 is 3.37. The van der Waals surface area contributed by atoms with Crippen LogP contribution in [0, 0.1) is 0 Å². The lowest BCUT2D eigenvalue weighted by molar-refractivity contribution is 0.0201. The molecule has 2 atom stereocenters. The van der Waals surface area contributed by atoms with E-state index in [1.807, 2.05) is 45.0 Å². The summed E-state index contributed by atoms with van der Waals surface area (Å²) in [4.78, 5) is 13.7. The van der Waals surface area contributed by atoms with Gasteiger partial charge in [0.15, 0.2) is 0 Å². The van der Waals surface area contributed by atoms with Crippen molar-refractivity contribution >= 4 is 22.0 Å². The highest BCUT2D eigenvalue weighted by molar-refractivity contribution is 9.10. The van der Waals surface area contributed by atoms with E-state index in [0.29, 0.717) is 13.0 Å². The summed E-state index contributed by atoms with van der Waals surface area (Å²) in [6.07, 6.45) is -0.987. The van der Waals surface area contributed by atoms with Gasteiger partial charge in [-0.25, -0.2) is 9.18 Å². The molecular weight excluding hydrogens is 325 g/mol. The van der Waals surface area contributed by atoms with Gasteiger partial charge in [-0.2, -0.15) is 0 Å². The smallest absolute Gasteiger partial charge is 0.410 e. The number of ether oxygens (including phenoxy) is 1. The van der Waals surface area contributed by atoms with Crippen LogP contribution in [0.1, 0.15) is 32.8 Å². The van der Waals surface area contributed by atoms with E-state index in [2.05, 4.69) is 15.9 Å². The number of amides is 1. The molecule has 1 aromatic rings. The van der Waals surface area contributed by atoms with Gasteiger partial charge in [0.25, 0.3) is 0 Å². The summed E-state index contributed by atoms with van der Waals surface area (Å²) in [6.45, 7) is 5.79. The normalized spacial score (nSPS) is 21.4. The van der Waals surface area contributed by atoms with E-state index >= 15 is 0 Å². The van der Waals surface area contributed by atoms with Gasteiger partial charge in [0.2, 0.25) is 0 Å². The SMILES string of the molecule is CC(C)(C)OC(=O)N(Cc1ccc(Br)cc1)C1CC1F. The van der Waals surface area contributed by atoms with Crippen LogP contribution >= 0.6 is 15.9 Å². The van der Waals surface area contributed by atoms with E-state index in [0.717, 1.165) is 10.0 Å². The topological polar surface area (TPSA) is 29.5 Å². The third-order valence-corrected chi connectivity index (χ3v) is 3.50. The number of rotatable bonds is 3. The summed E-state index contributed by atoms with van der Waals surface area (Å²) in [5, 5.41) is 0. The van der Waals surface area contributed by atoms with Gasteiger partial charge in [-0.05, 0) is 38.5 Å². The fourth-order valence-electron chi connectivity index (χ4n) is 1.90. The first-order chi connectivity index (χ1) is 9.26. The third kappa shape index (κ3) is 4.20. The molecule has 0 aromatic heterocycles. The van der Waals surface area contributed by atoms with Gasteiger partial charge in [0.05, 0.1) is 6.04 Å². The van der Waals surface area contributed by atoms with Crippen LogP contribution in [0.3, 0.4) is 0 Å². The molecule has 0 heterocycles. The molecular formula is C15H19BrFNO2. The highest BCUT2D eigenvalue weighted by atomic mass is 79.9. The molecule has 0 aliphatic heterocycles. The predicted octanol–water partition coefficient (Wildman–Crippen LogP) is 4.30. The van der Waals surface area contributed by atoms with Crippen molar-refractivity contribution < 1.29 is 13.9 Å². The average molecular weight is 344 g/mol. The maximum absolute atomic E-state index is 13.3. The second-order valence-corrected chi connectivity index (χ2v) is 6.97. The van der Waals surface area contributed by atoms with Crippen LogP contribution in [0.2, 0.25) is 0 Å². The van der Waals surface area contributed by atoms with E-state index in [4.69, 9.17) is 4.74 Å². The molecule has 0 radical (unpaired) electrons. The molecule has 1 fully saturated rings. The number of benzene rings is 1. The summed E-state index contributed by atoms with van der Waals surface area (Å²) < 4.78 is 19.7. The van der Waals surface area contributed by atoms with E-state index < -0.39 is 17.9 Å². The zero-order chi connectivity index (χ0) is 14.9. The first kappa shape index (κ1) is 15.3. The van der Waals surface area contributed by atoms with Gasteiger partial charge in [0.1, 0.15) is 11.8 Å². The fourth-order valence-corrected chi connectivity index (χ4v) is 2.16. The molecule has 1 amide bonds. The minimum absolute atomic E-state index is 0.353. The van der Waals surface area contributed by atoms with Crippen LogP contribution in [-0.2, 0) is 11.3 Å². The second kappa shape index (κ2) is 5.72. The molecule has 5 heteroatoms. The Hall–Kier alpha value is -1.10. The molecule has 2 rings (SSSR count). The van der Waals surface area contributed by atoms with Crippen molar-refractivity contribution in [3.8, 4) is 0 Å². The zero-order valence-electron chi connectivity index (χ0n) is 11.9. The molecule has 1 aliphatic rings. The largest absolute Gasteiger partial charge is 0.444 e. The lowest BCUT2D eigenvalue weighted by Crippen LogP contribution is -2.38. The Kier molecular flexibility index (Phi) is 4.37. The fraction of sp³-hybridized carbons (Fsp3) is 0.533. The summed E-state index contributed by atoms with van der Waals surface area (Å²) in [5.74, 6) is 0. The summed E-state index contributed by atoms with van der Waals surface area (Å²) in [6, 6.07) is 7.28. The predicted molar refractivity (Wildman–Crippen MR) is 79.2 cm³/mol. The second-order valence-electron chi connectivity index (χ2n) is 6.05. The first-order valence-electron chi connectivity index (χ1n) is 6.64. The lowest BCUT2D eigenvalue weighted by atomic mass is 10.2. The molecule has 1 aliphatic carbocycles. The monoisotopic (exact) mass is 343 g/mol. The highest BCUT2D eigenvalue weighted by Gasteiger charge is 2.45. The molecule has 0 N–H and O–H groups in total. The Labute approximate surface area is 127 Å². The first-order valence-corrected chi connectivity index (χ1v) is 7.44. The van der Waals surface area contributed by atoms with Crippen molar-refractivity contribution in [2.24, 2.45) is 0 Å². The summed E-state index contributed by atoms with van der Waals surface area (Å²) in [7, 11) is 0. The Morgan fingerprint density at radius 1 is 1.40 bits per heavy atom. The number of carbonyl (C=O) groups excluding carboxylic acids is 1. The van der Waals surface area contributed by atoms with Crippen LogP contribution in [0.5, 0.6) is 0 Å². The van der Waals surface area contributed by atoms with Gasteiger partial charge >= 0.3 is 6.09 Å². The number of hydrogen-bond donors (Lipinski definition) is 0. The number of carbonyl (C=O) groups is 1. The highest BCUT2D eigenvalue weighted by Crippen LogP contribution is 2.33. The van der Waals surface area contributed by atoms with Crippen molar-refractivity contribution in [3.63, 3.8) is 0 Å². The van der Waals surface area contributed by atoms with Crippen LogP contribution < -0.4 is 0 Å². The Balaban J connectivity index is 2.08. The van der Waals surface area contributed by atoms with Crippen LogP contribution in [0.15, 0.2) is 28.7 Å². The van der Waals surface area contributed by atoms with E-state index in [9.17, 15) is 9.18 Å². The maximum atomic E-state index is 13.3. The molecule has 1 aromatic carbocycles. The van der Waals surface area contributed by atoms with Crippen molar-refractivity contribution in [3.05, 3.63) is 34.3 Å². The van der Waals surface area contributed by atoms with Gasteiger partial charge in [-0.3, -0.25) is 4.90 Å². The van der Waals surface area contributed by atoms with E-state index in [-0.39, 0.29) is 6.04 Å². The number of halogens is 2. The standard InChI is InChI=1S/C15H19BrFNO2/c1-15(2,3)20-14(19)18(13-8-12(13)17)9-10-4-6-11(16)7-5-10/h4-7,12-13H,8-9H2,1-3H3. The molecule has 20 heavy (non-hydrogen) atoms. The van der Waals surface area contributed by atoms with Crippen molar-refractivity contribution in [1.29, 1.82) is 0 Å². The molecule has 110 valence electrons. The van der Waals surface area contributed by atoms with E-state index in [1.54, 1.807) is 0 Å². The lowest BCUT2D eigenvalue weighted by Gasteiger charge is -2.27. The van der Waals surface area contributed by atoms with Crippen molar-refractivity contribution in [1.82, 2.24) is 4.90 Å². The molecule has 0 bridgehead atoms. The Morgan fingerprint density at radius 2 is 1.95 bits per heavy atom. The molecule has 1 saturated carbocycles. The van der Waals surface area contributed by atoms with Crippen LogP contribution in [-0.4, -0.2) is 28.8 Å². The van der Waals surface area contributed by atoms with Crippen molar-refractivity contribution in [2.75, 3.05) is 0 Å². The third-order valence-electron chi connectivity index (χ3n) is 2.98. The zero-order valence-corrected chi connectivity index (χ0v) is 13.5. The average Bonchev–Trinajstić information content (AvgIpc) is 3.03. The minimum atomic E-state index is -0.932. The van der Waals surface area contributed by atoms with Gasteiger partial charge in [-0.15, -0.1) is 0 Å². The quantitative estimate of drug-likeness (QED) is 0.818. The van der Waals surface area contributed by atoms with Gasteiger partial charge < -0.3 is 4.74 Å². The van der Waals surface area contributed by atoms with Gasteiger partial charge in [-0.1, -0.05) is 28.1 Å². The Bertz CT molecular complexity index is 484. The minimum Gasteiger partial charge on any atom is -0.444 e. The van der Waals surface area contributed by atoms with Gasteiger partial charge in [0, 0.05) is 17.4 Å². The maximum Gasteiger partial charge on any atom is 0.410 e. The molecule has 0 saturated heterocycles. The van der Waals surface area contributed by atoms with Crippen molar-refractivity contribution in [2.45, 2.75) is 51.6 Å². The number of hydrogen-bond acceptors (Lipinski definition) is 2. The molecule has 3 nitrogen and oxygen atoms in total. The van der Waals surface area contributed by atoms with Crippen LogP contribution in [0.25, 0.3) is 0 Å². The number of nitrogens with zero attached hydrogens (tertiary/aromatic N) is 1. The Morgan fingerprint density at radius 3 is 2.40 bits per heavy atom. The summed E-state index contributed by atoms with van der Waals surface area (Å²) in [5.41, 5.74) is 0.383. The molecule has 2 unspecified atom stereocenters. The molecule has 0 spiro atoms. The number of alkyl halides is 1. The van der Waals surface area contributed by atoms with E-state index in [1.165, 1.54) is 4.90 Å².